The van der Waals surface area contributed by atoms with E-state index in [-0.39, 0.29) is 23.2 Å². The van der Waals surface area contributed by atoms with Crippen LogP contribution in [-0.4, -0.2) is 51.9 Å². The molecule has 0 aromatic heterocycles. The molecule has 0 bridgehead atoms. The van der Waals surface area contributed by atoms with Gasteiger partial charge in [-0.15, -0.1) is 0 Å². The molecule has 0 heterocycles. The van der Waals surface area contributed by atoms with E-state index >= 15 is 0 Å². The summed E-state index contributed by atoms with van der Waals surface area (Å²) < 4.78 is 37.2. The summed E-state index contributed by atoms with van der Waals surface area (Å²) in [5.74, 6) is -0.630. The minimum atomic E-state index is -3.96. The Morgan fingerprint density at radius 2 is 1.74 bits per heavy atom. The molecule has 2 rings (SSSR count). The molecule has 168 valence electrons. The Bertz CT molecular complexity index is 1030. The number of hydrogen-bond acceptors (Lipinski definition) is 6. The van der Waals surface area contributed by atoms with Gasteiger partial charge in [0.2, 0.25) is 15.9 Å². The standard InChI is InChI=1S/C22H28N2O6S/c1-6-30-22(26)16-7-10-18(11-8-16)23-21(25)14-24(4)31(27,28)20-13-17(15(2)3)9-12-19(20)29-5/h7-13,15H,6,14H2,1-5H3,(H,23,25). The Kier molecular flexibility index (Phi) is 8.18. The Morgan fingerprint density at radius 1 is 1.10 bits per heavy atom. The number of methoxy groups -OCH3 is 1. The lowest BCUT2D eigenvalue weighted by molar-refractivity contribution is -0.116. The van der Waals surface area contributed by atoms with Crippen LogP contribution in [0.5, 0.6) is 5.75 Å². The average Bonchev–Trinajstić information content (AvgIpc) is 2.73. The second-order valence-corrected chi connectivity index (χ2v) is 9.19. The number of hydrogen-bond donors (Lipinski definition) is 1. The lowest BCUT2D eigenvalue weighted by atomic mass is 10.0. The zero-order chi connectivity index (χ0) is 23.2. The predicted molar refractivity (Wildman–Crippen MR) is 118 cm³/mol. The molecule has 0 unspecified atom stereocenters. The van der Waals surface area contributed by atoms with Crippen LogP contribution < -0.4 is 10.1 Å². The molecule has 8 nitrogen and oxygen atoms in total. The van der Waals surface area contributed by atoms with Gasteiger partial charge in [-0.1, -0.05) is 19.9 Å². The number of likely N-dealkylation sites (N-methyl/N-ethyl adjacent to an activating group) is 1. The van der Waals surface area contributed by atoms with E-state index in [9.17, 15) is 18.0 Å². The molecule has 0 aliphatic rings. The van der Waals surface area contributed by atoms with Crippen LogP contribution in [0.2, 0.25) is 0 Å². The molecule has 0 saturated carbocycles. The molecular formula is C22H28N2O6S. The highest BCUT2D eigenvalue weighted by Crippen LogP contribution is 2.29. The smallest absolute Gasteiger partial charge is 0.338 e. The first kappa shape index (κ1) is 24.4. The molecule has 9 heteroatoms. The first-order valence-corrected chi connectivity index (χ1v) is 11.3. The van der Waals surface area contributed by atoms with Crippen LogP contribution in [0.15, 0.2) is 47.4 Å². The number of benzene rings is 2. The van der Waals surface area contributed by atoms with Crippen LogP contribution in [0.4, 0.5) is 5.69 Å². The summed E-state index contributed by atoms with van der Waals surface area (Å²) in [4.78, 5) is 24.1. The van der Waals surface area contributed by atoms with Crippen molar-refractivity contribution in [2.75, 3.05) is 32.6 Å². The maximum atomic E-state index is 13.1. The van der Waals surface area contributed by atoms with Crippen molar-refractivity contribution in [1.29, 1.82) is 0 Å². The normalized spacial score (nSPS) is 11.5. The van der Waals surface area contributed by atoms with Crippen molar-refractivity contribution in [2.45, 2.75) is 31.6 Å². The number of nitrogens with one attached hydrogen (secondary N) is 1. The van der Waals surface area contributed by atoms with Gasteiger partial charge in [-0.2, -0.15) is 4.31 Å². The zero-order valence-corrected chi connectivity index (χ0v) is 19.2. The molecule has 2 aromatic rings. The summed E-state index contributed by atoms with van der Waals surface area (Å²) in [6, 6.07) is 11.1. The summed E-state index contributed by atoms with van der Waals surface area (Å²) in [5.41, 5.74) is 1.64. The quantitative estimate of drug-likeness (QED) is 0.591. The van der Waals surface area contributed by atoms with Crippen molar-refractivity contribution < 1.29 is 27.5 Å². The summed E-state index contributed by atoms with van der Waals surface area (Å²) >= 11 is 0. The summed E-state index contributed by atoms with van der Waals surface area (Å²) in [6.45, 7) is 5.51. The van der Waals surface area contributed by atoms with Crippen LogP contribution in [-0.2, 0) is 19.6 Å². The van der Waals surface area contributed by atoms with Gasteiger partial charge in [0.05, 0.1) is 25.8 Å². The van der Waals surface area contributed by atoms with Crippen molar-refractivity contribution in [3.05, 3.63) is 53.6 Å². The van der Waals surface area contributed by atoms with Gasteiger partial charge in [-0.3, -0.25) is 4.79 Å². The minimum Gasteiger partial charge on any atom is -0.495 e. The zero-order valence-electron chi connectivity index (χ0n) is 18.3. The highest BCUT2D eigenvalue weighted by molar-refractivity contribution is 7.89. The molecule has 0 saturated heterocycles. The van der Waals surface area contributed by atoms with E-state index in [1.165, 1.54) is 26.3 Å². The number of anilines is 1. The highest BCUT2D eigenvalue weighted by atomic mass is 32.2. The van der Waals surface area contributed by atoms with Crippen molar-refractivity contribution in [2.24, 2.45) is 0 Å². The first-order chi connectivity index (χ1) is 14.6. The number of carbonyl (C=O) groups is 2. The molecule has 31 heavy (non-hydrogen) atoms. The molecule has 1 amide bonds. The van der Waals surface area contributed by atoms with Crippen LogP contribution in [0.25, 0.3) is 0 Å². The molecule has 0 aliphatic heterocycles. The Hall–Kier alpha value is -2.91. The Morgan fingerprint density at radius 3 is 2.29 bits per heavy atom. The monoisotopic (exact) mass is 448 g/mol. The third kappa shape index (κ3) is 6.05. The van der Waals surface area contributed by atoms with E-state index in [0.29, 0.717) is 11.3 Å². The predicted octanol–water partition coefficient (Wildman–Crippen LogP) is 3.25. The number of rotatable bonds is 9. The third-order valence-corrected chi connectivity index (χ3v) is 6.41. The van der Waals surface area contributed by atoms with Crippen molar-refractivity contribution >= 4 is 27.6 Å². The SMILES string of the molecule is CCOC(=O)c1ccc(NC(=O)CN(C)S(=O)(=O)c2cc(C(C)C)ccc2OC)cc1. The Labute approximate surface area is 183 Å². The minimum absolute atomic E-state index is 0.00953. The van der Waals surface area contributed by atoms with Gasteiger partial charge in [-0.25, -0.2) is 13.2 Å². The van der Waals surface area contributed by atoms with Crippen molar-refractivity contribution in [3.8, 4) is 5.75 Å². The molecule has 2 aromatic carbocycles. The molecule has 0 atom stereocenters. The van der Waals surface area contributed by atoms with Gasteiger partial charge in [-0.05, 0) is 54.8 Å². The first-order valence-electron chi connectivity index (χ1n) is 9.81. The number of amides is 1. The Balaban J connectivity index is 2.13. The van der Waals surface area contributed by atoms with E-state index < -0.39 is 28.4 Å². The summed E-state index contributed by atoms with van der Waals surface area (Å²) in [6.07, 6.45) is 0. The van der Waals surface area contributed by atoms with Crippen LogP contribution in [0.1, 0.15) is 42.6 Å². The fraction of sp³-hybridized carbons (Fsp3) is 0.364. The van der Waals surface area contributed by atoms with Gasteiger partial charge in [0.25, 0.3) is 0 Å². The number of esters is 1. The number of ether oxygens (including phenoxy) is 2. The average molecular weight is 449 g/mol. The van der Waals surface area contributed by atoms with E-state index in [1.54, 1.807) is 31.2 Å². The lowest BCUT2D eigenvalue weighted by Crippen LogP contribution is -2.35. The van der Waals surface area contributed by atoms with Gasteiger partial charge >= 0.3 is 5.97 Å². The van der Waals surface area contributed by atoms with Gasteiger partial charge in [0, 0.05) is 12.7 Å². The molecular weight excluding hydrogens is 420 g/mol. The summed E-state index contributed by atoms with van der Waals surface area (Å²) in [5, 5.41) is 2.62. The fourth-order valence-electron chi connectivity index (χ4n) is 2.81. The topological polar surface area (TPSA) is 102 Å². The number of carbonyl (C=O) groups excluding carboxylic acids is 2. The van der Waals surface area contributed by atoms with E-state index in [2.05, 4.69) is 5.32 Å². The third-order valence-electron chi connectivity index (χ3n) is 4.59. The molecule has 0 aliphatic carbocycles. The molecule has 0 fully saturated rings. The maximum Gasteiger partial charge on any atom is 0.338 e. The fourth-order valence-corrected chi connectivity index (χ4v) is 4.13. The van der Waals surface area contributed by atoms with Gasteiger partial charge < -0.3 is 14.8 Å². The van der Waals surface area contributed by atoms with E-state index in [1.807, 2.05) is 19.9 Å². The lowest BCUT2D eigenvalue weighted by Gasteiger charge is -2.20. The molecule has 0 spiro atoms. The second-order valence-electron chi connectivity index (χ2n) is 7.17. The van der Waals surface area contributed by atoms with Crippen LogP contribution in [0, 0.1) is 0 Å². The second kappa shape index (κ2) is 10.4. The maximum absolute atomic E-state index is 13.1. The highest BCUT2D eigenvalue weighted by Gasteiger charge is 2.27. The number of nitrogens with zero attached hydrogens (tertiary/aromatic N) is 1. The van der Waals surface area contributed by atoms with E-state index in [4.69, 9.17) is 9.47 Å². The van der Waals surface area contributed by atoms with Crippen LogP contribution >= 0.6 is 0 Å². The van der Waals surface area contributed by atoms with Gasteiger partial charge in [0.15, 0.2) is 0 Å². The van der Waals surface area contributed by atoms with Gasteiger partial charge in [0.1, 0.15) is 10.6 Å². The van der Waals surface area contributed by atoms with E-state index in [0.717, 1.165) is 9.87 Å². The number of sulfonamides is 1. The largest absolute Gasteiger partial charge is 0.495 e. The van der Waals surface area contributed by atoms with Crippen molar-refractivity contribution in [1.82, 2.24) is 4.31 Å². The van der Waals surface area contributed by atoms with Crippen molar-refractivity contribution in [3.63, 3.8) is 0 Å². The van der Waals surface area contributed by atoms with Crippen LogP contribution in [0.3, 0.4) is 0 Å². The summed E-state index contributed by atoms with van der Waals surface area (Å²) in [7, 11) is -1.23. The molecule has 0 radical (unpaired) electrons. The molecule has 1 N–H and O–H groups in total.